The molecule has 1 aromatic carbocycles. The third-order valence-electron chi connectivity index (χ3n) is 5.09. The molecular weight excluding hydrogens is 280 g/mol. The number of benzene rings is 1. The minimum atomic E-state index is 0.337. The van der Waals surface area contributed by atoms with Crippen molar-refractivity contribution in [3.8, 4) is 0 Å². The second-order valence-corrected chi connectivity index (χ2v) is 7.40. The van der Waals surface area contributed by atoms with Gasteiger partial charge < -0.3 is 5.73 Å². The van der Waals surface area contributed by atoms with Gasteiger partial charge in [0, 0.05) is 30.2 Å². The molecule has 1 saturated heterocycles. The Bertz CT molecular complexity index is 455. The van der Waals surface area contributed by atoms with Crippen molar-refractivity contribution < 1.29 is 0 Å². The molecule has 3 atom stereocenters. The summed E-state index contributed by atoms with van der Waals surface area (Å²) in [4.78, 5) is 2.69. The summed E-state index contributed by atoms with van der Waals surface area (Å²) >= 11 is 5.97. The van der Waals surface area contributed by atoms with Gasteiger partial charge in [-0.25, -0.2) is 0 Å². The molecule has 3 unspecified atom stereocenters. The Hall–Kier alpha value is -0.570. The maximum Gasteiger partial charge on any atom is 0.0406 e. The topological polar surface area (TPSA) is 29.3 Å². The molecule has 1 saturated carbocycles. The first kappa shape index (κ1) is 15.3. The van der Waals surface area contributed by atoms with Gasteiger partial charge in [-0.3, -0.25) is 4.90 Å². The number of likely N-dealkylation sites (tertiary alicyclic amines) is 1. The predicted octanol–water partition coefficient (Wildman–Crippen LogP) is 3.72. The van der Waals surface area contributed by atoms with E-state index in [0.717, 1.165) is 36.4 Å². The molecule has 0 spiro atoms. The quantitative estimate of drug-likeness (QED) is 0.898. The molecule has 1 heterocycles. The third-order valence-corrected chi connectivity index (χ3v) is 5.34. The van der Waals surface area contributed by atoms with Crippen LogP contribution in [-0.2, 0) is 6.42 Å². The fourth-order valence-electron chi connectivity index (χ4n) is 4.03. The van der Waals surface area contributed by atoms with E-state index in [2.05, 4.69) is 24.0 Å². The minimum absolute atomic E-state index is 0.337. The van der Waals surface area contributed by atoms with Crippen LogP contribution in [0.3, 0.4) is 0 Å². The molecule has 2 N–H and O–H groups in total. The number of hydrogen-bond donors (Lipinski definition) is 1. The number of nitrogens with zero attached hydrogens (tertiary/aromatic N) is 1. The Balaban J connectivity index is 1.63. The highest BCUT2D eigenvalue weighted by molar-refractivity contribution is 6.30. The molecule has 0 bridgehead atoms. The van der Waals surface area contributed by atoms with E-state index in [1.807, 2.05) is 12.1 Å². The van der Waals surface area contributed by atoms with E-state index in [4.69, 9.17) is 17.3 Å². The second kappa shape index (κ2) is 6.68. The lowest BCUT2D eigenvalue weighted by atomic mass is 9.87. The van der Waals surface area contributed by atoms with Crippen LogP contribution >= 0.6 is 11.6 Å². The van der Waals surface area contributed by atoms with Crippen LogP contribution in [0.1, 0.15) is 38.2 Å². The number of halogens is 1. The van der Waals surface area contributed by atoms with E-state index < -0.39 is 0 Å². The fraction of sp³-hybridized carbons (Fsp3) is 0.667. The summed E-state index contributed by atoms with van der Waals surface area (Å²) in [5.74, 6) is 1.62. The van der Waals surface area contributed by atoms with Crippen molar-refractivity contribution >= 4 is 11.6 Å². The lowest BCUT2D eigenvalue weighted by Crippen LogP contribution is -2.52. The molecule has 21 heavy (non-hydrogen) atoms. The van der Waals surface area contributed by atoms with E-state index in [1.54, 1.807) is 0 Å². The summed E-state index contributed by atoms with van der Waals surface area (Å²) in [7, 11) is 0. The third kappa shape index (κ3) is 4.00. The Labute approximate surface area is 133 Å². The Morgan fingerprint density at radius 1 is 1.24 bits per heavy atom. The van der Waals surface area contributed by atoms with E-state index in [9.17, 15) is 0 Å². The molecule has 1 aromatic rings. The maximum absolute atomic E-state index is 6.34. The summed E-state index contributed by atoms with van der Waals surface area (Å²) in [6, 6.07) is 9.41. The lowest BCUT2D eigenvalue weighted by Gasteiger charge is -2.41. The van der Waals surface area contributed by atoms with Gasteiger partial charge in [0.1, 0.15) is 0 Å². The lowest BCUT2D eigenvalue weighted by molar-refractivity contribution is 0.0942. The standard InChI is InChI=1S/C18H27ClN2/c1-2-18(15-5-6-15)21-11-14(10-17(20)12-21)9-13-3-7-16(19)8-4-13/h3-4,7-8,14-15,17-18H,2,5-6,9-12,20H2,1H3. The highest BCUT2D eigenvalue weighted by Crippen LogP contribution is 2.38. The highest BCUT2D eigenvalue weighted by Gasteiger charge is 2.37. The van der Waals surface area contributed by atoms with Crippen LogP contribution in [0.2, 0.25) is 5.02 Å². The summed E-state index contributed by atoms with van der Waals surface area (Å²) < 4.78 is 0. The van der Waals surface area contributed by atoms with Crippen molar-refractivity contribution in [1.29, 1.82) is 0 Å². The molecule has 1 aliphatic heterocycles. The summed E-state index contributed by atoms with van der Waals surface area (Å²) in [5.41, 5.74) is 7.73. The van der Waals surface area contributed by atoms with Crippen molar-refractivity contribution in [3.63, 3.8) is 0 Å². The zero-order valence-corrected chi connectivity index (χ0v) is 13.7. The van der Waals surface area contributed by atoms with Crippen molar-refractivity contribution in [3.05, 3.63) is 34.9 Å². The Kier molecular flexibility index (Phi) is 4.88. The SMILES string of the molecule is CCC(C1CC1)N1CC(N)CC(Cc2ccc(Cl)cc2)C1. The van der Waals surface area contributed by atoms with Gasteiger partial charge >= 0.3 is 0 Å². The van der Waals surface area contributed by atoms with Gasteiger partial charge in [0.05, 0.1) is 0 Å². The molecular formula is C18H27ClN2. The highest BCUT2D eigenvalue weighted by atomic mass is 35.5. The van der Waals surface area contributed by atoms with Crippen molar-refractivity contribution in [2.75, 3.05) is 13.1 Å². The fourth-order valence-corrected chi connectivity index (χ4v) is 4.15. The number of piperidine rings is 1. The van der Waals surface area contributed by atoms with Crippen LogP contribution in [0.25, 0.3) is 0 Å². The van der Waals surface area contributed by atoms with Crippen LogP contribution in [0.15, 0.2) is 24.3 Å². The summed E-state index contributed by atoms with van der Waals surface area (Å²) in [5, 5.41) is 0.820. The van der Waals surface area contributed by atoms with Gasteiger partial charge in [0.25, 0.3) is 0 Å². The molecule has 3 rings (SSSR count). The van der Waals surface area contributed by atoms with Gasteiger partial charge in [-0.2, -0.15) is 0 Å². The molecule has 0 aromatic heterocycles. The number of nitrogens with two attached hydrogens (primary N) is 1. The largest absolute Gasteiger partial charge is 0.327 e. The predicted molar refractivity (Wildman–Crippen MR) is 89.6 cm³/mol. The molecule has 116 valence electrons. The van der Waals surface area contributed by atoms with Crippen molar-refractivity contribution in [1.82, 2.24) is 4.90 Å². The van der Waals surface area contributed by atoms with E-state index in [1.165, 1.54) is 31.4 Å². The smallest absolute Gasteiger partial charge is 0.0406 e. The zero-order chi connectivity index (χ0) is 14.8. The normalized spacial score (nSPS) is 28.5. The summed E-state index contributed by atoms with van der Waals surface area (Å²) in [6.07, 6.45) is 6.39. The van der Waals surface area contributed by atoms with Crippen molar-refractivity contribution in [2.24, 2.45) is 17.6 Å². The van der Waals surface area contributed by atoms with Crippen LogP contribution in [0.4, 0.5) is 0 Å². The van der Waals surface area contributed by atoms with Gasteiger partial charge in [-0.15, -0.1) is 0 Å². The molecule has 3 heteroatoms. The van der Waals surface area contributed by atoms with Crippen LogP contribution < -0.4 is 5.73 Å². The molecule has 2 fully saturated rings. The van der Waals surface area contributed by atoms with Gasteiger partial charge in [0.2, 0.25) is 0 Å². The molecule has 2 aliphatic rings. The van der Waals surface area contributed by atoms with E-state index in [-0.39, 0.29) is 0 Å². The monoisotopic (exact) mass is 306 g/mol. The number of rotatable bonds is 5. The van der Waals surface area contributed by atoms with Crippen molar-refractivity contribution in [2.45, 2.75) is 51.1 Å². The molecule has 0 amide bonds. The first-order chi connectivity index (χ1) is 10.2. The van der Waals surface area contributed by atoms with Crippen LogP contribution in [0.5, 0.6) is 0 Å². The number of hydrogen-bond acceptors (Lipinski definition) is 2. The average molecular weight is 307 g/mol. The Morgan fingerprint density at radius 2 is 1.95 bits per heavy atom. The van der Waals surface area contributed by atoms with Gasteiger partial charge in [-0.1, -0.05) is 30.7 Å². The van der Waals surface area contributed by atoms with E-state index in [0.29, 0.717) is 12.0 Å². The Morgan fingerprint density at radius 3 is 2.57 bits per heavy atom. The average Bonchev–Trinajstić information content (AvgIpc) is 3.26. The van der Waals surface area contributed by atoms with E-state index >= 15 is 0 Å². The maximum atomic E-state index is 6.34. The zero-order valence-electron chi connectivity index (χ0n) is 13.0. The minimum Gasteiger partial charge on any atom is -0.327 e. The molecule has 1 aliphatic carbocycles. The van der Waals surface area contributed by atoms with Gasteiger partial charge in [0.15, 0.2) is 0 Å². The second-order valence-electron chi connectivity index (χ2n) is 6.96. The van der Waals surface area contributed by atoms with Crippen LogP contribution in [-0.4, -0.2) is 30.1 Å². The first-order valence-corrected chi connectivity index (χ1v) is 8.77. The van der Waals surface area contributed by atoms with Gasteiger partial charge in [-0.05, 0) is 61.6 Å². The first-order valence-electron chi connectivity index (χ1n) is 8.39. The molecule has 0 radical (unpaired) electrons. The summed E-state index contributed by atoms with van der Waals surface area (Å²) in [6.45, 7) is 4.63. The van der Waals surface area contributed by atoms with Crippen LogP contribution in [0, 0.1) is 11.8 Å². The molecule has 2 nitrogen and oxygen atoms in total.